The van der Waals surface area contributed by atoms with Gasteiger partial charge >= 0.3 is 0 Å². The molecule has 0 aromatic rings. The number of hydrogen-bond donors (Lipinski definition) is 1. The van der Waals surface area contributed by atoms with E-state index < -0.39 is 0 Å². The van der Waals surface area contributed by atoms with E-state index in [0.717, 1.165) is 18.8 Å². The van der Waals surface area contributed by atoms with Crippen molar-refractivity contribution in [3.05, 3.63) is 12.2 Å². The van der Waals surface area contributed by atoms with Crippen LogP contribution in [0.15, 0.2) is 12.2 Å². The number of amides is 1. The van der Waals surface area contributed by atoms with Crippen LogP contribution in [0, 0.1) is 17.8 Å². The predicted molar refractivity (Wildman–Crippen MR) is 63.2 cm³/mol. The molecule has 1 aliphatic carbocycles. The number of carbonyl (C=O) groups is 1. The molecule has 15 heavy (non-hydrogen) atoms. The van der Waals surface area contributed by atoms with Crippen molar-refractivity contribution in [1.82, 2.24) is 0 Å². The fourth-order valence-corrected chi connectivity index (χ4v) is 2.25. The van der Waals surface area contributed by atoms with Crippen LogP contribution >= 0.6 is 0 Å². The summed E-state index contributed by atoms with van der Waals surface area (Å²) in [4.78, 5) is 10.8. The van der Waals surface area contributed by atoms with Crippen LogP contribution in [0.5, 0.6) is 0 Å². The Bertz CT molecular complexity index is 225. The first-order chi connectivity index (χ1) is 7.08. The minimum absolute atomic E-state index is 0.142. The van der Waals surface area contributed by atoms with E-state index in [-0.39, 0.29) is 5.91 Å². The monoisotopic (exact) mass is 209 g/mol. The second kappa shape index (κ2) is 5.94. The van der Waals surface area contributed by atoms with E-state index in [2.05, 4.69) is 26.0 Å². The Morgan fingerprint density at radius 2 is 1.93 bits per heavy atom. The lowest BCUT2D eigenvalue weighted by Gasteiger charge is -2.25. The van der Waals surface area contributed by atoms with Gasteiger partial charge in [-0.15, -0.1) is 0 Å². The van der Waals surface area contributed by atoms with Gasteiger partial charge in [0.05, 0.1) is 0 Å². The highest BCUT2D eigenvalue weighted by Gasteiger charge is 2.20. The average Bonchev–Trinajstić information content (AvgIpc) is 2.16. The first-order valence-corrected chi connectivity index (χ1v) is 6.04. The van der Waals surface area contributed by atoms with Crippen molar-refractivity contribution in [3.63, 3.8) is 0 Å². The molecule has 0 bridgehead atoms. The Morgan fingerprint density at radius 1 is 1.33 bits per heavy atom. The maximum Gasteiger partial charge on any atom is 0.217 e. The third-order valence-corrected chi connectivity index (χ3v) is 3.15. The number of nitrogens with two attached hydrogens (primary N) is 1. The van der Waals surface area contributed by atoms with Gasteiger partial charge < -0.3 is 5.73 Å². The summed E-state index contributed by atoms with van der Waals surface area (Å²) in [5, 5.41) is 0. The fraction of sp³-hybridized carbons (Fsp3) is 0.769. The van der Waals surface area contributed by atoms with E-state index in [1.807, 2.05) is 0 Å². The smallest absolute Gasteiger partial charge is 0.217 e. The van der Waals surface area contributed by atoms with E-state index >= 15 is 0 Å². The van der Waals surface area contributed by atoms with Crippen molar-refractivity contribution in [3.8, 4) is 0 Å². The van der Waals surface area contributed by atoms with Crippen molar-refractivity contribution < 1.29 is 4.79 Å². The highest BCUT2D eigenvalue weighted by Crippen LogP contribution is 2.31. The largest absolute Gasteiger partial charge is 0.370 e. The molecule has 0 aromatic carbocycles. The van der Waals surface area contributed by atoms with Gasteiger partial charge in [-0.25, -0.2) is 0 Å². The maximum absolute atomic E-state index is 10.8. The number of rotatable bonds is 4. The van der Waals surface area contributed by atoms with Crippen LogP contribution in [0.4, 0.5) is 0 Å². The van der Waals surface area contributed by atoms with Gasteiger partial charge in [0.15, 0.2) is 0 Å². The summed E-state index contributed by atoms with van der Waals surface area (Å²) < 4.78 is 0. The lowest BCUT2D eigenvalue weighted by molar-refractivity contribution is -0.119. The zero-order valence-electron chi connectivity index (χ0n) is 9.91. The molecule has 0 aromatic heterocycles. The third-order valence-electron chi connectivity index (χ3n) is 3.15. The van der Waals surface area contributed by atoms with Gasteiger partial charge in [0.1, 0.15) is 0 Å². The van der Waals surface area contributed by atoms with E-state index in [9.17, 15) is 4.79 Å². The van der Waals surface area contributed by atoms with E-state index in [0.29, 0.717) is 18.3 Å². The molecule has 86 valence electrons. The zero-order chi connectivity index (χ0) is 11.3. The first-order valence-electron chi connectivity index (χ1n) is 6.04. The molecule has 0 unspecified atom stereocenters. The Kier molecular flexibility index (Phi) is 4.86. The molecule has 0 heterocycles. The molecule has 2 nitrogen and oxygen atoms in total. The van der Waals surface area contributed by atoms with Gasteiger partial charge in [-0.1, -0.05) is 26.0 Å². The van der Waals surface area contributed by atoms with Crippen LogP contribution in [0.2, 0.25) is 0 Å². The van der Waals surface area contributed by atoms with Crippen molar-refractivity contribution in [2.45, 2.75) is 46.0 Å². The van der Waals surface area contributed by atoms with Crippen LogP contribution in [0.3, 0.4) is 0 Å². The fourth-order valence-electron chi connectivity index (χ4n) is 2.25. The number of primary amides is 1. The second-order valence-corrected chi connectivity index (χ2v) is 5.08. The highest BCUT2D eigenvalue weighted by molar-refractivity contribution is 5.73. The van der Waals surface area contributed by atoms with Gasteiger partial charge in [0.2, 0.25) is 5.91 Å². The molecule has 1 fully saturated rings. The molecular formula is C13H23NO. The van der Waals surface area contributed by atoms with Gasteiger partial charge in [0.25, 0.3) is 0 Å². The average molecular weight is 209 g/mol. The van der Waals surface area contributed by atoms with Gasteiger partial charge in [-0.05, 0) is 43.4 Å². The summed E-state index contributed by atoms with van der Waals surface area (Å²) in [7, 11) is 0. The van der Waals surface area contributed by atoms with Crippen molar-refractivity contribution in [2.24, 2.45) is 23.5 Å². The predicted octanol–water partition coefficient (Wildman–Crippen LogP) is 2.88. The molecule has 2 N–H and O–H groups in total. The number of allylic oxidation sites excluding steroid dienone is 2. The Morgan fingerprint density at radius 3 is 2.40 bits per heavy atom. The lowest BCUT2D eigenvalue weighted by atomic mass is 9.80. The van der Waals surface area contributed by atoms with Crippen LogP contribution < -0.4 is 5.73 Å². The Hall–Kier alpha value is -0.790. The van der Waals surface area contributed by atoms with Gasteiger partial charge in [-0.2, -0.15) is 0 Å². The molecule has 1 saturated carbocycles. The van der Waals surface area contributed by atoms with Crippen molar-refractivity contribution in [2.75, 3.05) is 0 Å². The molecule has 0 saturated heterocycles. The second-order valence-electron chi connectivity index (χ2n) is 5.08. The number of carbonyl (C=O) groups excluding carboxylic acids is 1. The molecule has 0 atom stereocenters. The van der Waals surface area contributed by atoms with Crippen LogP contribution in [0.1, 0.15) is 46.0 Å². The highest BCUT2D eigenvalue weighted by atomic mass is 16.1. The molecule has 1 amide bonds. The van der Waals surface area contributed by atoms with Crippen LogP contribution in [-0.4, -0.2) is 5.91 Å². The summed E-state index contributed by atoms with van der Waals surface area (Å²) in [5.41, 5.74) is 5.20. The Balaban J connectivity index is 2.26. The molecule has 0 aliphatic heterocycles. The van der Waals surface area contributed by atoms with Gasteiger partial charge in [-0.3, -0.25) is 4.79 Å². The molecule has 0 radical (unpaired) electrons. The zero-order valence-corrected chi connectivity index (χ0v) is 9.91. The number of hydrogen-bond acceptors (Lipinski definition) is 1. The topological polar surface area (TPSA) is 43.1 Å². The molecule has 0 spiro atoms. The first kappa shape index (κ1) is 12.3. The standard InChI is InChI=1S/C13H23NO/c1-10(2)3-4-11-5-7-12(8-6-11)9-13(14)15/h3-4,10-12H,5-9H2,1-2H3,(H2,14,15)/b4-3-. The normalized spacial score (nSPS) is 27.4. The van der Waals surface area contributed by atoms with Crippen molar-refractivity contribution in [1.29, 1.82) is 0 Å². The van der Waals surface area contributed by atoms with Crippen LogP contribution in [-0.2, 0) is 4.79 Å². The van der Waals surface area contributed by atoms with Crippen molar-refractivity contribution >= 4 is 5.91 Å². The Labute approximate surface area is 92.9 Å². The summed E-state index contributed by atoms with van der Waals surface area (Å²) >= 11 is 0. The van der Waals surface area contributed by atoms with Crippen LogP contribution in [0.25, 0.3) is 0 Å². The minimum atomic E-state index is -0.142. The summed E-state index contributed by atoms with van der Waals surface area (Å²) in [6.45, 7) is 4.41. The summed E-state index contributed by atoms with van der Waals surface area (Å²) in [5.74, 6) is 1.78. The van der Waals surface area contributed by atoms with E-state index in [1.54, 1.807) is 0 Å². The summed E-state index contributed by atoms with van der Waals surface area (Å²) in [6, 6.07) is 0. The molecule has 1 aliphatic rings. The molecule has 1 rings (SSSR count). The lowest BCUT2D eigenvalue weighted by Crippen LogP contribution is -2.20. The quantitative estimate of drug-likeness (QED) is 0.711. The maximum atomic E-state index is 10.8. The summed E-state index contributed by atoms with van der Waals surface area (Å²) in [6.07, 6.45) is 10.00. The third kappa shape index (κ3) is 5.01. The molecule has 2 heteroatoms. The SMILES string of the molecule is CC(C)/C=C\C1CCC(CC(N)=O)CC1. The van der Waals surface area contributed by atoms with E-state index in [1.165, 1.54) is 12.8 Å². The van der Waals surface area contributed by atoms with Gasteiger partial charge in [0, 0.05) is 6.42 Å². The van der Waals surface area contributed by atoms with E-state index in [4.69, 9.17) is 5.73 Å². The molecular weight excluding hydrogens is 186 g/mol. The minimum Gasteiger partial charge on any atom is -0.370 e.